The average molecular weight is 399 g/mol. The highest BCUT2D eigenvalue weighted by atomic mass is 79.9. The van der Waals surface area contributed by atoms with Crippen LogP contribution in [0.2, 0.25) is 0 Å². The van der Waals surface area contributed by atoms with Crippen LogP contribution in [0, 0.1) is 0 Å². The molecule has 0 saturated heterocycles. The Bertz CT molecular complexity index is 428. The monoisotopic (exact) mass is 397 g/mol. The molecule has 0 aromatic carbocycles. The normalized spacial score (nSPS) is 12.2. The van der Waals surface area contributed by atoms with E-state index in [4.69, 9.17) is 5.11 Å². The molecule has 0 aliphatic carbocycles. The SMILES string of the molecule is CCCC(CC(=O)O)NC(=O)c1cc(Br)c(Br)s1. The van der Waals surface area contributed by atoms with E-state index in [0.29, 0.717) is 11.3 Å². The van der Waals surface area contributed by atoms with Gasteiger partial charge in [0.15, 0.2) is 0 Å². The van der Waals surface area contributed by atoms with Crippen LogP contribution in [0.1, 0.15) is 35.9 Å². The van der Waals surface area contributed by atoms with E-state index in [1.807, 2.05) is 6.92 Å². The number of thiophene rings is 1. The molecule has 1 rings (SSSR count). The largest absolute Gasteiger partial charge is 0.481 e. The lowest BCUT2D eigenvalue weighted by Gasteiger charge is -2.15. The number of carbonyl (C=O) groups excluding carboxylic acids is 1. The van der Waals surface area contributed by atoms with E-state index >= 15 is 0 Å². The van der Waals surface area contributed by atoms with Gasteiger partial charge in [-0.05, 0) is 44.3 Å². The van der Waals surface area contributed by atoms with Gasteiger partial charge >= 0.3 is 5.97 Å². The summed E-state index contributed by atoms with van der Waals surface area (Å²) in [6.07, 6.45) is 1.44. The zero-order valence-corrected chi connectivity index (χ0v) is 13.7. The second-order valence-corrected chi connectivity index (χ2v) is 7.01. The number of hydrogen-bond acceptors (Lipinski definition) is 3. The van der Waals surface area contributed by atoms with Gasteiger partial charge in [0.05, 0.1) is 15.1 Å². The minimum absolute atomic E-state index is 0.0483. The smallest absolute Gasteiger partial charge is 0.305 e. The first-order valence-corrected chi connectivity index (χ1v) is 7.81. The first kappa shape index (κ1) is 15.7. The summed E-state index contributed by atoms with van der Waals surface area (Å²) in [5, 5.41) is 11.5. The number of hydrogen-bond donors (Lipinski definition) is 2. The topological polar surface area (TPSA) is 66.4 Å². The maximum atomic E-state index is 11.9. The predicted molar refractivity (Wildman–Crippen MR) is 78.1 cm³/mol. The van der Waals surface area contributed by atoms with E-state index in [0.717, 1.165) is 14.7 Å². The second-order valence-electron chi connectivity index (χ2n) is 3.79. The van der Waals surface area contributed by atoms with E-state index < -0.39 is 5.97 Å². The van der Waals surface area contributed by atoms with Gasteiger partial charge in [-0.1, -0.05) is 13.3 Å². The van der Waals surface area contributed by atoms with Crippen LogP contribution in [0.15, 0.2) is 14.3 Å². The Kier molecular flexibility index (Phi) is 6.31. The van der Waals surface area contributed by atoms with E-state index in [1.54, 1.807) is 6.07 Å². The van der Waals surface area contributed by atoms with Crippen LogP contribution in [-0.4, -0.2) is 23.0 Å². The fraction of sp³-hybridized carbons (Fsp3) is 0.455. The predicted octanol–water partition coefficient (Wildman–Crippen LogP) is 3.65. The first-order valence-electron chi connectivity index (χ1n) is 5.41. The molecule has 18 heavy (non-hydrogen) atoms. The summed E-state index contributed by atoms with van der Waals surface area (Å²) in [4.78, 5) is 23.2. The number of amides is 1. The zero-order valence-electron chi connectivity index (χ0n) is 9.70. The van der Waals surface area contributed by atoms with Crippen molar-refractivity contribution in [2.24, 2.45) is 0 Å². The van der Waals surface area contributed by atoms with Gasteiger partial charge in [-0.25, -0.2) is 0 Å². The Hall–Kier alpha value is -0.400. The van der Waals surface area contributed by atoms with Gasteiger partial charge in [-0.15, -0.1) is 11.3 Å². The van der Waals surface area contributed by atoms with Crippen LogP contribution in [0.5, 0.6) is 0 Å². The number of halogens is 2. The van der Waals surface area contributed by atoms with Crippen molar-refractivity contribution in [3.63, 3.8) is 0 Å². The second kappa shape index (κ2) is 7.25. The van der Waals surface area contributed by atoms with Crippen LogP contribution in [-0.2, 0) is 4.79 Å². The molecule has 1 aromatic heterocycles. The summed E-state index contributed by atoms with van der Waals surface area (Å²) < 4.78 is 1.67. The third-order valence-corrected chi connectivity index (χ3v) is 5.52. The summed E-state index contributed by atoms with van der Waals surface area (Å²) >= 11 is 7.94. The summed E-state index contributed by atoms with van der Waals surface area (Å²) in [5.74, 6) is -1.13. The van der Waals surface area contributed by atoms with Gasteiger partial charge in [-0.2, -0.15) is 0 Å². The molecule has 1 atom stereocenters. The molecule has 0 fully saturated rings. The van der Waals surface area contributed by atoms with Crippen LogP contribution < -0.4 is 5.32 Å². The van der Waals surface area contributed by atoms with Crippen LogP contribution in [0.25, 0.3) is 0 Å². The number of carboxylic acids is 1. The lowest BCUT2D eigenvalue weighted by molar-refractivity contribution is -0.137. The molecule has 0 aliphatic heterocycles. The molecule has 1 heterocycles. The molecule has 0 spiro atoms. The van der Waals surface area contributed by atoms with Gasteiger partial charge in [0.1, 0.15) is 0 Å². The minimum Gasteiger partial charge on any atom is -0.481 e. The van der Waals surface area contributed by atoms with Gasteiger partial charge < -0.3 is 10.4 Å². The molecular formula is C11H13Br2NO3S. The van der Waals surface area contributed by atoms with Gasteiger partial charge in [0, 0.05) is 10.5 Å². The van der Waals surface area contributed by atoms with Crippen LogP contribution in [0.3, 0.4) is 0 Å². The number of carbonyl (C=O) groups is 2. The van der Waals surface area contributed by atoms with Crippen molar-refractivity contribution >= 4 is 55.1 Å². The Morgan fingerprint density at radius 2 is 2.17 bits per heavy atom. The Balaban J connectivity index is 2.68. The number of aliphatic carboxylic acids is 1. The van der Waals surface area contributed by atoms with Crippen molar-refractivity contribution in [1.82, 2.24) is 5.32 Å². The zero-order chi connectivity index (χ0) is 13.7. The van der Waals surface area contributed by atoms with Crippen LogP contribution in [0.4, 0.5) is 0 Å². The highest BCUT2D eigenvalue weighted by Gasteiger charge is 2.18. The number of nitrogens with one attached hydrogen (secondary N) is 1. The van der Waals surface area contributed by atoms with E-state index in [1.165, 1.54) is 11.3 Å². The summed E-state index contributed by atoms with van der Waals surface area (Å²) in [6, 6.07) is 1.40. The molecule has 100 valence electrons. The van der Waals surface area contributed by atoms with Gasteiger partial charge in [0.2, 0.25) is 0 Å². The van der Waals surface area contributed by atoms with Crippen molar-refractivity contribution in [3.8, 4) is 0 Å². The van der Waals surface area contributed by atoms with Gasteiger partial charge in [0.25, 0.3) is 5.91 Å². The van der Waals surface area contributed by atoms with Crippen molar-refractivity contribution in [2.75, 3.05) is 0 Å². The fourth-order valence-corrected chi connectivity index (χ4v) is 3.44. The molecule has 0 bridgehead atoms. The standard InChI is InChI=1S/C11H13Br2NO3S/c1-2-3-6(4-9(15)16)14-11(17)8-5-7(12)10(13)18-8/h5-6H,2-4H2,1H3,(H,14,17)(H,15,16). The maximum Gasteiger partial charge on any atom is 0.305 e. The van der Waals surface area contributed by atoms with Crippen LogP contribution >= 0.6 is 43.2 Å². The van der Waals surface area contributed by atoms with Crippen molar-refractivity contribution < 1.29 is 14.7 Å². The molecule has 1 amide bonds. The molecule has 0 radical (unpaired) electrons. The van der Waals surface area contributed by atoms with Gasteiger partial charge in [-0.3, -0.25) is 9.59 Å². The molecule has 4 nitrogen and oxygen atoms in total. The maximum absolute atomic E-state index is 11.9. The fourth-order valence-electron chi connectivity index (χ4n) is 1.50. The third kappa shape index (κ3) is 4.70. The quantitative estimate of drug-likeness (QED) is 0.768. The first-order chi connectivity index (χ1) is 8.43. The Morgan fingerprint density at radius 3 is 2.61 bits per heavy atom. The number of rotatable bonds is 6. The van der Waals surface area contributed by atoms with E-state index in [2.05, 4.69) is 37.2 Å². The lowest BCUT2D eigenvalue weighted by Crippen LogP contribution is -2.36. The molecule has 2 N–H and O–H groups in total. The minimum atomic E-state index is -0.901. The lowest BCUT2D eigenvalue weighted by atomic mass is 10.1. The molecule has 0 saturated carbocycles. The van der Waals surface area contributed by atoms with E-state index in [9.17, 15) is 9.59 Å². The highest BCUT2D eigenvalue weighted by Crippen LogP contribution is 2.32. The Morgan fingerprint density at radius 1 is 1.50 bits per heavy atom. The molecule has 1 aromatic rings. The molecular weight excluding hydrogens is 386 g/mol. The third-order valence-electron chi connectivity index (χ3n) is 2.26. The van der Waals surface area contributed by atoms with E-state index in [-0.39, 0.29) is 18.4 Å². The van der Waals surface area contributed by atoms with Crippen molar-refractivity contribution in [1.29, 1.82) is 0 Å². The van der Waals surface area contributed by atoms with Crippen molar-refractivity contribution in [3.05, 3.63) is 19.2 Å². The molecule has 0 aliphatic rings. The average Bonchev–Trinajstić information content (AvgIpc) is 2.58. The molecule has 1 unspecified atom stereocenters. The summed E-state index contributed by atoms with van der Waals surface area (Å²) in [5.41, 5.74) is 0. The number of carboxylic acid groups (broad SMARTS) is 1. The highest BCUT2D eigenvalue weighted by molar-refractivity contribution is 9.13. The summed E-state index contributed by atoms with van der Waals surface area (Å²) in [6.45, 7) is 1.96. The Labute approximate surface area is 126 Å². The molecule has 7 heteroatoms. The van der Waals surface area contributed by atoms with Crippen molar-refractivity contribution in [2.45, 2.75) is 32.2 Å². The summed E-state index contributed by atoms with van der Waals surface area (Å²) in [7, 11) is 0.